The molecule has 0 atom stereocenters. The van der Waals surface area contributed by atoms with Gasteiger partial charge in [0.1, 0.15) is 5.75 Å². The summed E-state index contributed by atoms with van der Waals surface area (Å²) >= 11 is 0. The van der Waals surface area contributed by atoms with Crippen LogP contribution in [0.2, 0.25) is 0 Å². The molecular formula is C22H27NO6. The molecule has 0 fully saturated rings. The molecule has 7 heteroatoms. The fourth-order valence-electron chi connectivity index (χ4n) is 2.89. The molecule has 0 aliphatic carbocycles. The lowest BCUT2D eigenvalue weighted by Crippen LogP contribution is -2.20. The first-order chi connectivity index (χ1) is 13.5. The van der Waals surface area contributed by atoms with Gasteiger partial charge < -0.3 is 19.2 Å². The zero-order valence-corrected chi connectivity index (χ0v) is 17.7. The summed E-state index contributed by atoms with van der Waals surface area (Å²) in [5.41, 5.74) is 2.69. The van der Waals surface area contributed by atoms with Gasteiger partial charge in [-0.3, -0.25) is 4.79 Å². The standard InChI is InChI=1S/C22H27NO6/c1-13-19(21(26)27-6)14(2)23-20(13)17(24)11-29-18(25)12-28-16-9-7-15(8-10-16)22(3,4)5/h7-10,23H,11-12H2,1-6H3. The molecule has 0 unspecified atom stereocenters. The molecule has 0 bridgehead atoms. The van der Waals surface area contributed by atoms with Gasteiger partial charge in [0.05, 0.1) is 18.4 Å². The summed E-state index contributed by atoms with van der Waals surface area (Å²) in [6.45, 7) is 8.87. The van der Waals surface area contributed by atoms with Gasteiger partial charge in [0.2, 0.25) is 5.78 Å². The number of carbonyl (C=O) groups is 3. The fraction of sp³-hybridized carbons (Fsp3) is 0.409. The van der Waals surface area contributed by atoms with Gasteiger partial charge in [-0.1, -0.05) is 32.9 Å². The number of benzene rings is 1. The minimum absolute atomic E-state index is 0.0276. The van der Waals surface area contributed by atoms with Crippen molar-refractivity contribution in [2.45, 2.75) is 40.0 Å². The maximum absolute atomic E-state index is 12.4. The maximum atomic E-state index is 12.4. The third-order valence-electron chi connectivity index (χ3n) is 4.55. The van der Waals surface area contributed by atoms with Crippen LogP contribution in [-0.4, -0.2) is 43.0 Å². The van der Waals surface area contributed by atoms with E-state index >= 15 is 0 Å². The van der Waals surface area contributed by atoms with E-state index < -0.39 is 24.3 Å². The monoisotopic (exact) mass is 401 g/mol. The molecule has 0 amide bonds. The second-order valence-corrected chi connectivity index (χ2v) is 7.76. The average Bonchev–Trinajstić information content (AvgIpc) is 2.97. The summed E-state index contributed by atoms with van der Waals surface area (Å²) in [5, 5.41) is 0. The van der Waals surface area contributed by atoms with Crippen LogP contribution in [0.25, 0.3) is 0 Å². The Kier molecular flexibility index (Phi) is 6.84. The molecular weight excluding hydrogens is 374 g/mol. The lowest BCUT2D eigenvalue weighted by Gasteiger charge is -2.19. The second kappa shape index (κ2) is 8.94. The van der Waals surface area contributed by atoms with Crippen molar-refractivity contribution in [3.63, 3.8) is 0 Å². The van der Waals surface area contributed by atoms with Crippen molar-refractivity contribution in [1.82, 2.24) is 4.98 Å². The van der Waals surface area contributed by atoms with Gasteiger partial charge in [-0.2, -0.15) is 0 Å². The normalized spacial score (nSPS) is 11.1. The third kappa shape index (κ3) is 5.47. The van der Waals surface area contributed by atoms with E-state index in [4.69, 9.17) is 14.2 Å². The van der Waals surface area contributed by atoms with Crippen molar-refractivity contribution in [1.29, 1.82) is 0 Å². The number of carbonyl (C=O) groups excluding carboxylic acids is 3. The highest BCUT2D eigenvalue weighted by atomic mass is 16.6. The molecule has 156 valence electrons. The molecule has 1 aromatic carbocycles. The molecule has 2 aromatic rings. The lowest BCUT2D eigenvalue weighted by atomic mass is 9.87. The van der Waals surface area contributed by atoms with E-state index in [1.807, 2.05) is 12.1 Å². The summed E-state index contributed by atoms with van der Waals surface area (Å²) in [6.07, 6.45) is 0. The number of methoxy groups -OCH3 is 1. The Balaban J connectivity index is 1.89. The van der Waals surface area contributed by atoms with Crippen LogP contribution in [0.1, 0.15) is 58.4 Å². The molecule has 2 rings (SSSR count). The summed E-state index contributed by atoms with van der Waals surface area (Å²) < 4.78 is 15.1. The van der Waals surface area contributed by atoms with Crippen LogP contribution in [0, 0.1) is 13.8 Å². The predicted molar refractivity (Wildman–Crippen MR) is 108 cm³/mol. The van der Waals surface area contributed by atoms with E-state index in [0.29, 0.717) is 22.6 Å². The summed E-state index contributed by atoms with van der Waals surface area (Å²) in [4.78, 5) is 38.9. The molecule has 0 saturated heterocycles. The molecule has 1 N–H and O–H groups in total. The molecule has 1 heterocycles. The van der Waals surface area contributed by atoms with E-state index in [2.05, 4.69) is 25.8 Å². The maximum Gasteiger partial charge on any atom is 0.344 e. The average molecular weight is 401 g/mol. The van der Waals surface area contributed by atoms with Crippen LogP contribution in [-0.2, 0) is 19.7 Å². The van der Waals surface area contributed by atoms with Gasteiger partial charge in [0, 0.05) is 5.69 Å². The summed E-state index contributed by atoms with van der Waals surface area (Å²) in [5.74, 6) is -1.09. The molecule has 0 saturated carbocycles. The Hall–Kier alpha value is -3.09. The first kappa shape index (κ1) is 22.2. The van der Waals surface area contributed by atoms with Crippen LogP contribution in [0.5, 0.6) is 5.75 Å². The molecule has 0 spiro atoms. The van der Waals surface area contributed by atoms with Crippen molar-refractivity contribution >= 4 is 17.7 Å². The Morgan fingerprint density at radius 2 is 1.62 bits per heavy atom. The Morgan fingerprint density at radius 1 is 1.00 bits per heavy atom. The molecule has 0 aliphatic heterocycles. The lowest BCUT2D eigenvalue weighted by molar-refractivity contribution is -0.144. The van der Waals surface area contributed by atoms with Gasteiger partial charge in [-0.25, -0.2) is 9.59 Å². The van der Waals surface area contributed by atoms with Gasteiger partial charge in [-0.15, -0.1) is 0 Å². The van der Waals surface area contributed by atoms with Crippen LogP contribution < -0.4 is 4.74 Å². The largest absolute Gasteiger partial charge is 0.482 e. The molecule has 29 heavy (non-hydrogen) atoms. The van der Waals surface area contributed by atoms with Crippen molar-refractivity contribution in [3.8, 4) is 5.75 Å². The van der Waals surface area contributed by atoms with Gasteiger partial charge in [0.15, 0.2) is 13.2 Å². The number of ether oxygens (including phenoxy) is 3. The van der Waals surface area contributed by atoms with Gasteiger partial charge in [-0.05, 0) is 42.5 Å². The fourth-order valence-corrected chi connectivity index (χ4v) is 2.89. The van der Waals surface area contributed by atoms with Gasteiger partial charge >= 0.3 is 11.9 Å². The SMILES string of the molecule is COC(=O)c1c(C)[nH]c(C(=O)COC(=O)COc2ccc(C(C)(C)C)cc2)c1C. The molecule has 0 radical (unpaired) electrons. The summed E-state index contributed by atoms with van der Waals surface area (Å²) in [6, 6.07) is 7.47. The predicted octanol–water partition coefficient (Wildman–Crippen LogP) is 3.52. The highest BCUT2D eigenvalue weighted by Gasteiger charge is 2.23. The van der Waals surface area contributed by atoms with E-state index in [1.54, 1.807) is 26.0 Å². The van der Waals surface area contributed by atoms with Crippen molar-refractivity contribution in [2.24, 2.45) is 0 Å². The number of aromatic amines is 1. The Bertz CT molecular complexity index is 903. The first-order valence-corrected chi connectivity index (χ1v) is 9.24. The number of hydrogen-bond acceptors (Lipinski definition) is 6. The number of H-pyrrole nitrogens is 1. The van der Waals surface area contributed by atoms with Crippen molar-refractivity contribution in [3.05, 3.63) is 52.3 Å². The summed E-state index contributed by atoms with van der Waals surface area (Å²) in [7, 11) is 1.27. The van der Waals surface area contributed by atoms with Crippen molar-refractivity contribution < 1.29 is 28.6 Å². The highest BCUT2D eigenvalue weighted by molar-refractivity contribution is 6.02. The van der Waals surface area contributed by atoms with E-state index in [0.717, 1.165) is 5.56 Å². The zero-order chi connectivity index (χ0) is 21.8. The number of Topliss-reactive ketones (excluding diaryl/α,β-unsaturated/α-hetero) is 1. The van der Waals surface area contributed by atoms with E-state index in [9.17, 15) is 14.4 Å². The van der Waals surface area contributed by atoms with Crippen LogP contribution >= 0.6 is 0 Å². The topological polar surface area (TPSA) is 94.7 Å². The Labute approximate surface area is 170 Å². The van der Waals surface area contributed by atoms with E-state index in [-0.39, 0.29) is 17.7 Å². The number of aromatic nitrogens is 1. The number of esters is 2. The number of nitrogens with one attached hydrogen (secondary N) is 1. The number of ketones is 1. The quantitative estimate of drug-likeness (QED) is 0.563. The van der Waals surface area contributed by atoms with Gasteiger partial charge in [0.25, 0.3) is 0 Å². The zero-order valence-electron chi connectivity index (χ0n) is 17.7. The number of hydrogen-bond donors (Lipinski definition) is 1. The molecule has 7 nitrogen and oxygen atoms in total. The van der Waals surface area contributed by atoms with Crippen LogP contribution in [0.15, 0.2) is 24.3 Å². The Morgan fingerprint density at radius 3 is 2.17 bits per heavy atom. The van der Waals surface area contributed by atoms with Crippen LogP contribution in [0.3, 0.4) is 0 Å². The van der Waals surface area contributed by atoms with Crippen molar-refractivity contribution in [2.75, 3.05) is 20.3 Å². The first-order valence-electron chi connectivity index (χ1n) is 9.24. The minimum Gasteiger partial charge on any atom is -0.482 e. The third-order valence-corrected chi connectivity index (χ3v) is 4.55. The highest BCUT2D eigenvalue weighted by Crippen LogP contribution is 2.24. The molecule has 1 aromatic heterocycles. The van der Waals surface area contributed by atoms with Crippen LogP contribution in [0.4, 0.5) is 0 Å². The molecule has 0 aliphatic rings. The second-order valence-electron chi connectivity index (χ2n) is 7.76. The number of aryl methyl sites for hydroxylation is 1. The van der Waals surface area contributed by atoms with E-state index in [1.165, 1.54) is 7.11 Å². The smallest absolute Gasteiger partial charge is 0.344 e. The number of rotatable bonds is 7. The minimum atomic E-state index is -0.660.